The maximum atomic E-state index is 8.86. The minimum absolute atomic E-state index is 0.493. The zero-order valence-electron chi connectivity index (χ0n) is 5.96. The molecule has 0 rings (SSSR count). The molecule has 0 bridgehead atoms. The largest absolute Gasteiger partial charge is 0.372 e. The van der Waals surface area contributed by atoms with Gasteiger partial charge in [0.1, 0.15) is 6.23 Å². The van der Waals surface area contributed by atoms with Gasteiger partial charge in [-0.15, -0.1) is 0 Å². The number of rotatable bonds is 4. The minimum Gasteiger partial charge on any atom is -0.372 e. The van der Waals surface area contributed by atoms with E-state index in [2.05, 4.69) is 10.5 Å². The van der Waals surface area contributed by atoms with Crippen LogP contribution in [0.25, 0.3) is 0 Å². The lowest BCUT2D eigenvalue weighted by atomic mass is 10.4. The van der Waals surface area contributed by atoms with E-state index in [-0.39, 0.29) is 0 Å². The summed E-state index contributed by atoms with van der Waals surface area (Å²) in [5.41, 5.74) is 2.56. The Bertz CT molecular complexity index is 83.1. The Hall–Kier alpha value is -0.570. The van der Waals surface area contributed by atoms with Gasteiger partial charge in [0.25, 0.3) is 0 Å². The van der Waals surface area contributed by atoms with Crippen LogP contribution in [0, 0.1) is 0 Å². The van der Waals surface area contributed by atoms with E-state index in [1.54, 1.807) is 6.21 Å². The molecule has 0 fully saturated rings. The van der Waals surface area contributed by atoms with Crippen LogP contribution in [-0.4, -0.2) is 17.5 Å². The molecule has 0 amide bonds. The molecule has 1 unspecified atom stereocenters. The number of aliphatic hydroxyl groups excluding tert-OH is 1. The first-order valence-corrected chi connectivity index (χ1v) is 3.26. The molecule has 0 radical (unpaired) electrons. The highest BCUT2D eigenvalue weighted by atomic mass is 16.3. The Labute approximate surface area is 55.8 Å². The van der Waals surface area contributed by atoms with Gasteiger partial charge in [-0.3, -0.25) is 5.43 Å². The maximum absolute atomic E-state index is 8.86. The van der Waals surface area contributed by atoms with Crippen LogP contribution in [0.15, 0.2) is 5.10 Å². The maximum Gasteiger partial charge on any atom is 0.139 e. The fraction of sp³-hybridized carbons (Fsp3) is 0.833. The second kappa shape index (κ2) is 5.56. The lowest BCUT2D eigenvalue weighted by Gasteiger charge is -2.04. The summed E-state index contributed by atoms with van der Waals surface area (Å²) in [5, 5.41) is 12.6. The molecule has 0 saturated heterocycles. The van der Waals surface area contributed by atoms with E-state index in [0.29, 0.717) is 6.42 Å². The van der Waals surface area contributed by atoms with Crippen molar-refractivity contribution in [2.45, 2.75) is 32.9 Å². The molecule has 0 saturated carbocycles. The average Bonchev–Trinajstić information content (AvgIpc) is 1.89. The fourth-order valence-corrected chi connectivity index (χ4v) is 0.321. The van der Waals surface area contributed by atoms with Gasteiger partial charge < -0.3 is 5.11 Å². The molecule has 0 aromatic heterocycles. The molecular weight excluding hydrogens is 116 g/mol. The SMILES string of the molecule is CC/C=N\NC(O)CC. The van der Waals surface area contributed by atoms with E-state index in [0.717, 1.165) is 6.42 Å². The Morgan fingerprint density at radius 1 is 1.67 bits per heavy atom. The van der Waals surface area contributed by atoms with Gasteiger partial charge >= 0.3 is 0 Å². The number of nitrogens with one attached hydrogen (secondary N) is 1. The van der Waals surface area contributed by atoms with E-state index in [1.165, 1.54) is 0 Å². The molecule has 0 heterocycles. The van der Waals surface area contributed by atoms with Crippen molar-refractivity contribution in [3.63, 3.8) is 0 Å². The first kappa shape index (κ1) is 8.43. The topological polar surface area (TPSA) is 44.6 Å². The minimum atomic E-state index is -0.493. The van der Waals surface area contributed by atoms with Gasteiger partial charge in [0.05, 0.1) is 0 Å². The standard InChI is InChI=1S/C6H14N2O/c1-3-5-7-8-6(9)4-2/h5-6,8-9H,3-4H2,1-2H3/b7-5-. The van der Waals surface area contributed by atoms with E-state index in [4.69, 9.17) is 5.11 Å². The second-order valence-electron chi connectivity index (χ2n) is 1.77. The molecule has 9 heavy (non-hydrogen) atoms. The van der Waals surface area contributed by atoms with E-state index < -0.39 is 6.23 Å². The van der Waals surface area contributed by atoms with Crippen molar-refractivity contribution in [2.24, 2.45) is 5.10 Å². The number of hydrazone groups is 1. The molecule has 0 aromatic carbocycles. The Morgan fingerprint density at radius 2 is 2.33 bits per heavy atom. The highest BCUT2D eigenvalue weighted by Gasteiger charge is 1.91. The molecule has 1 atom stereocenters. The van der Waals surface area contributed by atoms with Crippen molar-refractivity contribution in [3.8, 4) is 0 Å². The monoisotopic (exact) mass is 130 g/mol. The predicted octanol–water partition coefficient (Wildman–Crippen LogP) is 0.700. The van der Waals surface area contributed by atoms with Crippen molar-refractivity contribution in [3.05, 3.63) is 0 Å². The first-order chi connectivity index (χ1) is 4.31. The van der Waals surface area contributed by atoms with Crippen LogP contribution in [0.4, 0.5) is 0 Å². The van der Waals surface area contributed by atoms with Crippen LogP contribution >= 0.6 is 0 Å². The van der Waals surface area contributed by atoms with Crippen molar-refractivity contribution >= 4 is 6.21 Å². The average molecular weight is 130 g/mol. The second-order valence-corrected chi connectivity index (χ2v) is 1.77. The van der Waals surface area contributed by atoms with E-state index >= 15 is 0 Å². The molecule has 0 aliphatic heterocycles. The molecule has 0 aliphatic carbocycles. The smallest absolute Gasteiger partial charge is 0.139 e. The van der Waals surface area contributed by atoms with Crippen molar-refractivity contribution in [2.75, 3.05) is 0 Å². The van der Waals surface area contributed by atoms with Crippen molar-refractivity contribution in [1.82, 2.24) is 5.43 Å². The summed E-state index contributed by atoms with van der Waals surface area (Å²) in [5.74, 6) is 0. The Morgan fingerprint density at radius 3 is 2.78 bits per heavy atom. The molecule has 3 heteroatoms. The Balaban J connectivity index is 3.15. The van der Waals surface area contributed by atoms with Gasteiger partial charge in [-0.25, -0.2) is 0 Å². The molecule has 2 N–H and O–H groups in total. The lowest BCUT2D eigenvalue weighted by Crippen LogP contribution is -2.22. The van der Waals surface area contributed by atoms with Gasteiger partial charge in [-0.1, -0.05) is 13.8 Å². The molecule has 54 valence electrons. The van der Waals surface area contributed by atoms with Gasteiger partial charge in [0.15, 0.2) is 0 Å². The highest BCUT2D eigenvalue weighted by molar-refractivity contribution is 5.55. The van der Waals surface area contributed by atoms with Crippen LogP contribution in [0.3, 0.4) is 0 Å². The first-order valence-electron chi connectivity index (χ1n) is 3.26. The van der Waals surface area contributed by atoms with Gasteiger partial charge in [0.2, 0.25) is 0 Å². The van der Waals surface area contributed by atoms with E-state index in [9.17, 15) is 0 Å². The molecule has 0 aromatic rings. The molecule has 0 aliphatic rings. The zero-order valence-corrected chi connectivity index (χ0v) is 5.96. The number of hydrogen-bond acceptors (Lipinski definition) is 3. The number of nitrogens with zero attached hydrogens (tertiary/aromatic N) is 1. The van der Waals surface area contributed by atoms with Crippen LogP contribution < -0.4 is 5.43 Å². The summed E-state index contributed by atoms with van der Waals surface area (Å²) in [7, 11) is 0. The quantitative estimate of drug-likeness (QED) is 0.334. The highest BCUT2D eigenvalue weighted by Crippen LogP contribution is 1.81. The molecular formula is C6H14N2O. The fourth-order valence-electron chi connectivity index (χ4n) is 0.321. The summed E-state index contributed by atoms with van der Waals surface area (Å²) in [6.45, 7) is 3.88. The summed E-state index contributed by atoms with van der Waals surface area (Å²) in [6.07, 6.45) is 2.80. The van der Waals surface area contributed by atoms with Crippen LogP contribution in [-0.2, 0) is 0 Å². The molecule has 3 nitrogen and oxygen atoms in total. The number of hydrogen-bond donors (Lipinski definition) is 2. The summed E-state index contributed by atoms with van der Waals surface area (Å²) in [6, 6.07) is 0. The van der Waals surface area contributed by atoms with Crippen molar-refractivity contribution < 1.29 is 5.11 Å². The van der Waals surface area contributed by atoms with E-state index in [1.807, 2.05) is 13.8 Å². The van der Waals surface area contributed by atoms with Gasteiger partial charge in [0, 0.05) is 6.21 Å². The Kier molecular flexibility index (Phi) is 5.21. The summed E-state index contributed by atoms with van der Waals surface area (Å²) >= 11 is 0. The van der Waals surface area contributed by atoms with Gasteiger partial charge in [-0.05, 0) is 12.8 Å². The number of aliphatic hydroxyl groups is 1. The van der Waals surface area contributed by atoms with Crippen molar-refractivity contribution in [1.29, 1.82) is 0 Å². The third kappa shape index (κ3) is 5.30. The summed E-state index contributed by atoms with van der Waals surface area (Å²) < 4.78 is 0. The third-order valence-corrected chi connectivity index (χ3v) is 0.884. The third-order valence-electron chi connectivity index (χ3n) is 0.884. The lowest BCUT2D eigenvalue weighted by molar-refractivity contribution is 0.135. The van der Waals surface area contributed by atoms with Crippen LogP contribution in [0.1, 0.15) is 26.7 Å². The van der Waals surface area contributed by atoms with Crippen LogP contribution in [0.5, 0.6) is 0 Å². The van der Waals surface area contributed by atoms with Gasteiger partial charge in [-0.2, -0.15) is 5.10 Å². The predicted molar refractivity (Wildman–Crippen MR) is 38.2 cm³/mol. The summed E-state index contributed by atoms with van der Waals surface area (Å²) in [4.78, 5) is 0. The van der Waals surface area contributed by atoms with Crippen LogP contribution in [0.2, 0.25) is 0 Å². The normalized spacial score (nSPS) is 14.1. The molecule has 0 spiro atoms. The zero-order chi connectivity index (χ0) is 7.11.